The summed E-state index contributed by atoms with van der Waals surface area (Å²) in [6.07, 6.45) is 1.16. The highest BCUT2D eigenvalue weighted by molar-refractivity contribution is 7.04. The second-order valence-electron chi connectivity index (χ2n) is 8.66. The number of rotatable bonds is 7. The van der Waals surface area contributed by atoms with E-state index in [0.717, 1.165) is 6.42 Å². The Morgan fingerprint density at radius 3 is 1.56 bits per heavy atom. The molecule has 1 nitrogen and oxygen atoms in total. The summed E-state index contributed by atoms with van der Waals surface area (Å²) in [5, 5.41) is 2.88. The van der Waals surface area contributed by atoms with Gasteiger partial charge in [-0.1, -0.05) is 94.8 Å². The quantitative estimate of drug-likeness (QED) is 0.591. The normalized spacial score (nSPS) is 14.4. The molecule has 0 saturated carbocycles. The van der Waals surface area contributed by atoms with Crippen LogP contribution in [0.25, 0.3) is 0 Å². The SMILES string of the molecule is CCC(C)C(C)(C)[Si](O[Si](C)(C)C)(c1ccccc1)c1ccccc1. The lowest BCUT2D eigenvalue weighted by molar-refractivity contribution is 0.371. The first kappa shape index (κ1) is 20.1. The Morgan fingerprint density at radius 1 is 0.840 bits per heavy atom. The number of benzene rings is 2. The van der Waals surface area contributed by atoms with Crippen LogP contribution in [-0.4, -0.2) is 16.6 Å². The first-order chi connectivity index (χ1) is 11.6. The van der Waals surface area contributed by atoms with Crippen molar-refractivity contribution in [2.75, 3.05) is 0 Å². The first-order valence-electron chi connectivity index (χ1n) is 9.46. The molecule has 2 aromatic rings. The van der Waals surface area contributed by atoms with Crippen molar-refractivity contribution in [3.05, 3.63) is 60.7 Å². The molecule has 2 rings (SSSR count). The summed E-state index contributed by atoms with van der Waals surface area (Å²) < 4.78 is 7.26. The van der Waals surface area contributed by atoms with Gasteiger partial charge in [0.25, 0.3) is 8.32 Å². The van der Waals surface area contributed by atoms with Gasteiger partial charge < -0.3 is 4.12 Å². The molecule has 0 aliphatic rings. The molecule has 136 valence electrons. The van der Waals surface area contributed by atoms with Crippen LogP contribution < -0.4 is 10.4 Å². The second-order valence-corrected chi connectivity index (χ2v) is 17.5. The van der Waals surface area contributed by atoms with E-state index in [9.17, 15) is 0 Å². The lowest BCUT2D eigenvalue weighted by Gasteiger charge is -2.51. The summed E-state index contributed by atoms with van der Waals surface area (Å²) in [5.41, 5.74) is 0. The minimum atomic E-state index is -2.43. The van der Waals surface area contributed by atoms with Crippen LogP contribution in [0.1, 0.15) is 34.1 Å². The zero-order valence-corrected chi connectivity index (χ0v) is 19.0. The smallest absolute Gasteiger partial charge is 0.251 e. The van der Waals surface area contributed by atoms with Crippen LogP contribution >= 0.6 is 0 Å². The van der Waals surface area contributed by atoms with Crippen molar-refractivity contribution in [2.45, 2.75) is 58.8 Å². The van der Waals surface area contributed by atoms with Crippen molar-refractivity contribution in [3.8, 4) is 0 Å². The van der Waals surface area contributed by atoms with E-state index in [1.54, 1.807) is 0 Å². The number of hydrogen-bond donors (Lipinski definition) is 0. The molecule has 2 aromatic carbocycles. The van der Waals surface area contributed by atoms with E-state index in [1.807, 2.05) is 0 Å². The van der Waals surface area contributed by atoms with Crippen LogP contribution in [0.2, 0.25) is 24.7 Å². The van der Waals surface area contributed by atoms with Crippen molar-refractivity contribution in [2.24, 2.45) is 5.92 Å². The molecule has 0 spiro atoms. The molecule has 0 amide bonds. The minimum Gasteiger partial charge on any atom is -0.449 e. The van der Waals surface area contributed by atoms with Crippen LogP contribution in [0.3, 0.4) is 0 Å². The highest BCUT2D eigenvalue weighted by Crippen LogP contribution is 2.46. The Hall–Kier alpha value is -1.17. The standard InChI is InChI=1S/C22H34OSi2/c1-8-19(2)22(3,4)25(23-24(5,6)7,20-15-11-9-12-16-20)21-17-13-10-14-18-21/h9-19H,8H2,1-7H3. The molecule has 3 heteroatoms. The van der Waals surface area contributed by atoms with Crippen molar-refractivity contribution in [1.82, 2.24) is 0 Å². The average molecular weight is 371 g/mol. The monoisotopic (exact) mass is 370 g/mol. The summed E-state index contributed by atoms with van der Waals surface area (Å²) in [7, 11) is -4.20. The van der Waals surface area contributed by atoms with Gasteiger partial charge in [-0.2, -0.15) is 0 Å². The van der Waals surface area contributed by atoms with Gasteiger partial charge in [0.2, 0.25) is 0 Å². The van der Waals surface area contributed by atoms with Crippen molar-refractivity contribution < 1.29 is 4.12 Å². The maximum atomic E-state index is 7.26. The third-order valence-corrected chi connectivity index (χ3v) is 13.8. The summed E-state index contributed by atoms with van der Waals surface area (Å²) >= 11 is 0. The molecule has 0 heterocycles. The largest absolute Gasteiger partial charge is 0.449 e. The van der Waals surface area contributed by atoms with Gasteiger partial charge in [-0.25, -0.2) is 0 Å². The van der Waals surface area contributed by atoms with E-state index in [2.05, 4.69) is 108 Å². The maximum absolute atomic E-state index is 7.26. The molecule has 0 bridgehead atoms. The molecule has 1 atom stereocenters. The lowest BCUT2D eigenvalue weighted by Crippen LogP contribution is -2.71. The Labute approximate surface area is 156 Å². The van der Waals surface area contributed by atoms with Crippen molar-refractivity contribution >= 4 is 27.0 Å². The van der Waals surface area contributed by atoms with E-state index >= 15 is 0 Å². The van der Waals surface area contributed by atoms with Gasteiger partial charge in [0, 0.05) is 0 Å². The number of hydrogen-bond acceptors (Lipinski definition) is 1. The fourth-order valence-electron chi connectivity index (χ4n) is 3.82. The average Bonchev–Trinajstić information content (AvgIpc) is 2.59. The van der Waals surface area contributed by atoms with Gasteiger partial charge in [0.15, 0.2) is 8.32 Å². The van der Waals surface area contributed by atoms with Crippen molar-refractivity contribution in [1.29, 1.82) is 0 Å². The third kappa shape index (κ3) is 3.99. The molecule has 0 saturated heterocycles. The van der Waals surface area contributed by atoms with Crippen LogP contribution in [-0.2, 0) is 4.12 Å². The highest BCUT2D eigenvalue weighted by atomic mass is 28.4. The molecule has 0 fully saturated rings. The van der Waals surface area contributed by atoms with E-state index in [4.69, 9.17) is 4.12 Å². The molecule has 1 unspecified atom stereocenters. The molecule has 25 heavy (non-hydrogen) atoms. The molecular weight excluding hydrogens is 336 g/mol. The fourth-order valence-corrected chi connectivity index (χ4v) is 13.5. The van der Waals surface area contributed by atoms with Gasteiger partial charge in [0.05, 0.1) is 0 Å². The van der Waals surface area contributed by atoms with E-state index in [-0.39, 0.29) is 5.04 Å². The Bertz CT molecular complexity index is 620. The van der Waals surface area contributed by atoms with Crippen LogP contribution in [0.4, 0.5) is 0 Å². The first-order valence-corrected chi connectivity index (χ1v) is 14.8. The minimum absolute atomic E-state index is 0.0880. The predicted molar refractivity (Wildman–Crippen MR) is 116 cm³/mol. The highest BCUT2D eigenvalue weighted by Gasteiger charge is 2.55. The topological polar surface area (TPSA) is 9.23 Å². The summed E-state index contributed by atoms with van der Waals surface area (Å²) in [5.74, 6) is 0.580. The zero-order valence-electron chi connectivity index (χ0n) is 17.0. The molecule has 0 radical (unpaired) electrons. The molecule has 0 aliphatic heterocycles. The molecule has 0 aliphatic carbocycles. The summed E-state index contributed by atoms with van der Waals surface area (Å²) in [4.78, 5) is 0. The van der Waals surface area contributed by atoms with Gasteiger partial charge >= 0.3 is 0 Å². The zero-order chi connectivity index (χ0) is 18.7. The van der Waals surface area contributed by atoms with Gasteiger partial charge in [0.1, 0.15) is 0 Å². The van der Waals surface area contributed by atoms with Crippen LogP contribution in [0.5, 0.6) is 0 Å². The summed E-state index contributed by atoms with van der Waals surface area (Å²) in [6.45, 7) is 16.5. The molecule has 0 aromatic heterocycles. The predicted octanol–water partition coefficient (Wildman–Crippen LogP) is 5.42. The second kappa shape index (κ2) is 7.60. The molecule has 0 N–H and O–H groups in total. The lowest BCUT2D eigenvalue weighted by atomic mass is 9.94. The Kier molecular flexibility index (Phi) is 6.13. The van der Waals surface area contributed by atoms with Gasteiger partial charge in [-0.15, -0.1) is 0 Å². The van der Waals surface area contributed by atoms with Gasteiger partial charge in [-0.3, -0.25) is 0 Å². The van der Waals surface area contributed by atoms with E-state index in [0.29, 0.717) is 5.92 Å². The Morgan fingerprint density at radius 2 is 1.24 bits per heavy atom. The fraction of sp³-hybridized carbons (Fsp3) is 0.455. The van der Waals surface area contributed by atoms with E-state index in [1.165, 1.54) is 10.4 Å². The van der Waals surface area contributed by atoms with Gasteiger partial charge in [-0.05, 0) is 41.0 Å². The molecular formula is C22H34OSi2. The van der Waals surface area contributed by atoms with Crippen molar-refractivity contribution in [3.63, 3.8) is 0 Å². The van der Waals surface area contributed by atoms with Crippen LogP contribution in [0, 0.1) is 5.92 Å². The maximum Gasteiger partial charge on any atom is 0.251 e. The Balaban J connectivity index is 2.84. The van der Waals surface area contributed by atoms with Crippen LogP contribution in [0.15, 0.2) is 60.7 Å². The summed E-state index contributed by atoms with van der Waals surface area (Å²) in [6, 6.07) is 22.1. The third-order valence-electron chi connectivity index (χ3n) is 5.57. The van der Waals surface area contributed by atoms with E-state index < -0.39 is 16.6 Å².